The summed E-state index contributed by atoms with van der Waals surface area (Å²) in [6, 6.07) is 4.48. The van der Waals surface area contributed by atoms with E-state index in [0.29, 0.717) is 17.9 Å². The first-order chi connectivity index (χ1) is 7.79. The van der Waals surface area contributed by atoms with E-state index in [1.165, 1.54) is 12.1 Å². The summed E-state index contributed by atoms with van der Waals surface area (Å²) in [5.74, 6) is 0. The molecule has 0 aliphatic rings. The van der Waals surface area contributed by atoms with Crippen LogP contribution >= 0.6 is 0 Å². The predicted octanol–water partition coefficient (Wildman–Crippen LogP) is -0.110. The van der Waals surface area contributed by atoms with Crippen molar-refractivity contribution in [3.05, 3.63) is 18.2 Å². The number of benzene rings is 1. The minimum atomic E-state index is -3.72. The molecule has 0 spiro atoms. The van der Waals surface area contributed by atoms with E-state index in [1.807, 2.05) is 19.0 Å². The lowest BCUT2D eigenvalue weighted by Crippen LogP contribution is -2.21. The quantitative estimate of drug-likeness (QED) is 0.640. The fraction of sp³-hybridized carbons (Fsp3) is 0.400. The van der Waals surface area contributed by atoms with Crippen molar-refractivity contribution in [2.75, 3.05) is 38.2 Å². The molecule has 0 fully saturated rings. The third-order valence-electron chi connectivity index (χ3n) is 2.15. The van der Waals surface area contributed by atoms with Crippen LogP contribution in [0.4, 0.5) is 11.4 Å². The van der Waals surface area contributed by atoms with Gasteiger partial charge >= 0.3 is 0 Å². The highest BCUT2D eigenvalue weighted by Gasteiger charge is 2.09. The first-order valence-corrected chi connectivity index (χ1v) is 6.65. The topological polar surface area (TPSA) is 101 Å². The van der Waals surface area contributed by atoms with Gasteiger partial charge in [-0.05, 0) is 32.3 Å². The summed E-state index contributed by atoms with van der Waals surface area (Å²) < 4.78 is 22.4. The molecule has 0 saturated heterocycles. The van der Waals surface area contributed by atoms with Crippen LogP contribution in [0.25, 0.3) is 0 Å². The number of hydrogen-bond acceptors (Lipinski definition) is 5. The SMILES string of the molecule is CN(C)CCNc1cc(N)cc(S(N)(=O)=O)c1. The molecule has 1 aromatic rings. The molecule has 0 radical (unpaired) electrons. The Morgan fingerprint density at radius 3 is 2.47 bits per heavy atom. The number of nitrogens with one attached hydrogen (secondary N) is 1. The minimum Gasteiger partial charge on any atom is -0.399 e. The highest BCUT2D eigenvalue weighted by atomic mass is 32.2. The molecule has 0 atom stereocenters. The molecule has 0 heterocycles. The molecule has 0 unspecified atom stereocenters. The van der Waals surface area contributed by atoms with Crippen molar-refractivity contribution in [1.82, 2.24) is 4.90 Å². The summed E-state index contributed by atoms with van der Waals surface area (Å²) in [6.07, 6.45) is 0. The molecule has 0 amide bonds. The van der Waals surface area contributed by atoms with Crippen molar-refractivity contribution < 1.29 is 8.42 Å². The summed E-state index contributed by atoms with van der Waals surface area (Å²) in [5.41, 5.74) is 6.63. The molecule has 0 saturated carbocycles. The van der Waals surface area contributed by atoms with E-state index in [9.17, 15) is 8.42 Å². The van der Waals surface area contributed by atoms with Crippen molar-refractivity contribution in [3.63, 3.8) is 0 Å². The lowest BCUT2D eigenvalue weighted by molar-refractivity contribution is 0.425. The Morgan fingerprint density at radius 1 is 1.29 bits per heavy atom. The van der Waals surface area contributed by atoms with Gasteiger partial charge in [-0.2, -0.15) is 0 Å². The zero-order valence-electron chi connectivity index (χ0n) is 9.97. The molecule has 96 valence electrons. The number of nitrogens with two attached hydrogens (primary N) is 2. The summed E-state index contributed by atoms with van der Waals surface area (Å²) >= 11 is 0. The molecule has 0 aliphatic heterocycles. The van der Waals surface area contributed by atoms with E-state index < -0.39 is 10.0 Å². The predicted molar refractivity (Wildman–Crippen MR) is 69.3 cm³/mol. The number of nitrogen functional groups attached to an aromatic ring is 1. The third-order valence-corrected chi connectivity index (χ3v) is 3.04. The molecule has 6 nitrogen and oxygen atoms in total. The van der Waals surface area contributed by atoms with Crippen LogP contribution in [-0.4, -0.2) is 40.5 Å². The van der Waals surface area contributed by atoms with Gasteiger partial charge in [-0.1, -0.05) is 0 Å². The third kappa shape index (κ3) is 4.59. The summed E-state index contributed by atoms with van der Waals surface area (Å²) in [7, 11) is 0.191. The van der Waals surface area contributed by atoms with Gasteiger partial charge in [-0.15, -0.1) is 0 Å². The van der Waals surface area contributed by atoms with Crippen LogP contribution in [-0.2, 0) is 10.0 Å². The highest BCUT2D eigenvalue weighted by molar-refractivity contribution is 7.89. The van der Waals surface area contributed by atoms with Crippen molar-refractivity contribution in [2.45, 2.75) is 4.90 Å². The minimum absolute atomic E-state index is 0.0184. The molecule has 0 bridgehead atoms. The summed E-state index contributed by atoms with van der Waals surface area (Å²) in [5, 5.41) is 8.14. The number of anilines is 2. The summed E-state index contributed by atoms with van der Waals surface area (Å²) in [6.45, 7) is 1.53. The fourth-order valence-electron chi connectivity index (χ4n) is 1.31. The number of rotatable bonds is 5. The maximum atomic E-state index is 11.2. The Balaban J connectivity index is 2.84. The lowest BCUT2D eigenvalue weighted by Gasteiger charge is -2.12. The molecule has 7 heteroatoms. The Labute approximate surface area is 102 Å². The van der Waals surface area contributed by atoms with Crippen LogP contribution in [0.2, 0.25) is 0 Å². The van der Waals surface area contributed by atoms with Gasteiger partial charge in [0, 0.05) is 24.5 Å². The van der Waals surface area contributed by atoms with Gasteiger partial charge in [0.1, 0.15) is 0 Å². The number of primary sulfonamides is 1. The standard InChI is InChI=1S/C10H18N4O2S/c1-14(2)4-3-13-9-5-8(11)6-10(7-9)17(12,15)16/h5-7,13H,3-4,11H2,1-2H3,(H2,12,15,16). The molecular formula is C10H18N4O2S. The van der Waals surface area contributed by atoms with Gasteiger partial charge < -0.3 is 16.0 Å². The second-order valence-corrected chi connectivity index (χ2v) is 5.63. The first kappa shape index (κ1) is 13.8. The van der Waals surface area contributed by atoms with E-state index >= 15 is 0 Å². The van der Waals surface area contributed by atoms with E-state index in [2.05, 4.69) is 5.32 Å². The smallest absolute Gasteiger partial charge is 0.238 e. The van der Waals surface area contributed by atoms with E-state index in [0.717, 1.165) is 6.54 Å². The van der Waals surface area contributed by atoms with Crippen LogP contribution in [0.1, 0.15) is 0 Å². The highest BCUT2D eigenvalue weighted by Crippen LogP contribution is 2.19. The van der Waals surface area contributed by atoms with Gasteiger partial charge in [0.15, 0.2) is 0 Å². The number of nitrogens with zero attached hydrogens (tertiary/aromatic N) is 1. The molecule has 5 N–H and O–H groups in total. The Kier molecular flexibility index (Phi) is 4.33. The van der Waals surface area contributed by atoms with Crippen LogP contribution in [0.3, 0.4) is 0 Å². The van der Waals surface area contributed by atoms with Crippen LogP contribution in [0.5, 0.6) is 0 Å². The second kappa shape index (κ2) is 5.35. The average molecular weight is 258 g/mol. The number of likely N-dealkylation sites (N-methyl/N-ethyl adjacent to an activating group) is 1. The van der Waals surface area contributed by atoms with E-state index in [4.69, 9.17) is 10.9 Å². The lowest BCUT2D eigenvalue weighted by atomic mass is 10.3. The molecule has 0 aliphatic carbocycles. The zero-order chi connectivity index (χ0) is 13.1. The van der Waals surface area contributed by atoms with Gasteiger partial charge in [0.05, 0.1) is 4.90 Å². The number of sulfonamides is 1. The van der Waals surface area contributed by atoms with E-state index in [1.54, 1.807) is 6.07 Å². The van der Waals surface area contributed by atoms with Gasteiger partial charge in [-0.25, -0.2) is 13.6 Å². The average Bonchev–Trinajstić information content (AvgIpc) is 2.14. The van der Waals surface area contributed by atoms with Crippen molar-refractivity contribution in [1.29, 1.82) is 0 Å². The van der Waals surface area contributed by atoms with Gasteiger partial charge in [-0.3, -0.25) is 0 Å². The van der Waals surface area contributed by atoms with Crippen molar-refractivity contribution in [2.24, 2.45) is 5.14 Å². The number of hydrogen-bond donors (Lipinski definition) is 3. The van der Waals surface area contributed by atoms with Crippen LogP contribution < -0.4 is 16.2 Å². The van der Waals surface area contributed by atoms with Crippen LogP contribution in [0.15, 0.2) is 23.1 Å². The van der Waals surface area contributed by atoms with E-state index in [-0.39, 0.29) is 4.90 Å². The maximum Gasteiger partial charge on any atom is 0.238 e. The van der Waals surface area contributed by atoms with Crippen molar-refractivity contribution in [3.8, 4) is 0 Å². The first-order valence-electron chi connectivity index (χ1n) is 5.11. The Morgan fingerprint density at radius 2 is 1.94 bits per heavy atom. The molecule has 17 heavy (non-hydrogen) atoms. The normalized spacial score (nSPS) is 11.8. The Hall–Kier alpha value is -1.31. The van der Waals surface area contributed by atoms with Crippen LogP contribution in [0, 0.1) is 0 Å². The maximum absolute atomic E-state index is 11.2. The zero-order valence-corrected chi connectivity index (χ0v) is 10.8. The largest absolute Gasteiger partial charge is 0.399 e. The second-order valence-electron chi connectivity index (χ2n) is 4.07. The Bertz CT molecular complexity index is 485. The monoisotopic (exact) mass is 258 g/mol. The molecule has 1 aromatic carbocycles. The molecule has 1 rings (SSSR count). The van der Waals surface area contributed by atoms with Gasteiger partial charge in [0.25, 0.3) is 0 Å². The summed E-state index contributed by atoms with van der Waals surface area (Å²) in [4.78, 5) is 2.03. The molecule has 0 aromatic heterocycles. The van der Waals surface area contributed by atoms with Gasteiger partial charge in [0.2, 0.25) is 10.0 Å². The fourth-order valence-corrected chi connectivity index (χ4v) is 1.90. The van der Waals surface area contributed by atoms with Crippen molar-refractivity contribution >= 4 is 21.4 Å². The molecular weight excluding hydrogens is 240 g/mol.